The Morgan fingerprint density at radius 1 is 1.15 bits per heavy atom. The van der Waals surface area contributed by atoms with Crippen LogP contribution in [0.25, 0.3) is 0 Å². The normalized spacial score (nSPS) is 24.8. The summed E-state index contributed by atoms with van der Waals surface area (Å²) in [5.74, 6) is 2.46. The number of para-hydroxylation sites is 1. The minimum Gasteiger partial charge on any atom is -0.493 e. The second-order valence-corrected chi connectivity index (χ2v) is 6.29. The highest BCUT2D eigenvalue weighted by Gasteiger charge is 2.35. The molecular formula is C18H27NO. The zero-order valence-electron chi connectivity index (χ0n) is 12.6. The number of likely N-dealkylation sites (N-methyl/N-ethyl adjacent to an activating group) is 1. The van der Waals surface area contributed by atoms with Crippen molar-refractivity contribution in [3.8, 4) is 5.75 Å². The Hall–Kier alpha value is -1.02. The first-order chi connectivity index (χ1) is 9.90. The van der Waals surface area contributed by atoms with Gasteiger partial charge >= 0.3 is 0 Å². The van der Waals surface area contributed by atoms with Gasteiger partial charge in [0, 0.05) is 17.5 Å². The molecule has 0 aromatic heterocycles. The Kier molecular flexibility index (Phi) is 4.62. The van der Waals surface area contributed by atoms with Crippen LogP contribution in [0.3, 0.4) is 0 Å². The number of hydrogen-bond donors (Lipinski definition) is 1. The fraction of sp³-hybridized carbons (Fsp3) is 0.667. The second kappa shape index (κ2) is 6.62. The van der Waals surface area contributed by atoms with E-state index in [0.29, 0.717) is 12.0 Å². The molecule has 2 unspecified atom stereocenters. The molecule has 0 radical (unpaired) electrons. The summed E-state index contributed by atoms with van der Waals surface area (Å²) in [5, 5.41) is 3.78. The lowest BCUT2D eigenvalue weighted by atomic mass is 9.81. The highest BCUT2D eigenvalue weighted by atomic mass is 16.5. The number of hydrogen-bond acceptors (Lipinski definition) is 2. The maximum Gasteiger partial charge on any atom is 0.122 e. The molecule has 2 atom stereocenters. The number of benzene rings is 1. The van der Waals surface area contributed by atoms with Gasteiger partial charge in [0.15, 0.2) is 0 Å². The fourth-order valence-electron chi connectivity index (χ4n) is 4.03. The Balaban J connectivity index is 1.80. The van der Waals surface area contributed by atoms with E-state index < -0.39 is 0 Å². The highest BCUT2D eigenvalue weighted by molar-refractivity contribution is 5.40. The van der Waals surface area contributed by atoms with Crippen molar-refractivity contribution < 1.29 is 4.74 Å². The first kappa shape index (κ1) is 13.9. The average molecular weight is 273 g/mol. The first-order valence-electron chi connectivity index (χ1n) is 8.35. The molecule has 1 aliphatic carbocycles. The molecule has 0 saturated heterocycles. The zero-order chi connectivity index (χ0) is 13.8. The van der Waals surface area contributed by atoms with Gasteiger partial charge < -0.3 is 10.1 Å². The molecule has 20 heavy (non-hydrogen) atoms. The summed E-state index contributed by atoms with van der Waals surface area (Å²) in [6.07, 6.45) is 8.43. The molecule has 3 rings (SSSR count). The highest BCUT2D eigenvalue weighted by Crippen LogP contribution is 2.40. The van der Waals surface area contributed by atoms with Gasteiger partial charge in [0.2, 0.25) is 0 Å². The lowest BCUT2D eigenvalue weighted by Gasteiger charge is -2.31. The minimum absolute atomic E-state index is 0.536. The lowest BCUT2D eigenvalue weighted by molar-refractivity contribution is 0.240. The molecule has 110 valence electrons. The summed E-state index contributed by atoms with van der Waals surface area (Å²) >= 11 is 0. The van der Waals surface area contributed by atoms with Crippen molar-refractivity contribution in [1.29, 1.82) is 0 Å². The Morgan fingerprint density at radius 3 is 2.65 bits per heavy atom. The van der Waals surface area contributed by atoms with Crippen molar-refractivity contribution in [1.82, 2.24) is 5.32 Å². The van der Waals surface area contributed by atoms with E-state index in [1.54, 1.807) is 0 Å². The van der Waals surface area contributed by atoms with Crippen LogP contribution in [0.1, 0.15) is 56.9 Å². The van der Waals surface area contributed by atoms with Crippen molar-refractivity contribution in [2.45, 2.75) is 57.4 Å². The molecule has 0 spiro atoms. The SMILES string of the molecule is CCNC(C1CCCCCC1)C1COc2ccccc21. The topological polar surface area (TPSA) is 21.3 Å². The van der Waals surface area contributed by atoms with Crippen molar-refractivity contribution in [3.05, 3.63) is 29.8 Å². The molecule has 1 aromatic carbocycles. The van der Waals surface area contributed by atoms with E-state index in [0.717, 1.165) is 24.8 Å². The van der Waals surface area contributed by atoms with Gasteiger partial charge in [-0.1, -0.05) is 50.8 Å². The number of ether oxygens (including phenoxy) is 1. The van der Waals surface area contributed by atoms with Crippen LogP contribution >= 0.6 is 0 Å². The Morgan fingerprint density at radius 2 is 1.90 bits per heavy atom. The van der Waals surface area contributed by atoms with Crippen LogP contribution in [0.4, 0.5) is 0 Å². The van der Waals surface area contributed by atoms with Crippen LogP contribution in [0.15, 0.2) is 24.3 Å². The van der Waals surface area contributed by atoms with E-state index in [2.05, 4.69) is 36.5 Å². The maximum absolute atomic E-state index is 5.92. The predicted molar refractivity (Wildman–Crippen MR) is 83.3 cm³/mol. The van der Waals surface area contributed by atoms with Crippen molar-refractivity contribution in [3.63, 3.8) is 0 Å². The standard InChI is InChI=1S/C18H27NO/c1-2-19-18(14-9-5-3-4-6-10-14)16-13-20-17-12-8-7-11-15(16)17/h7-8,11-12,14,16,18-19H,2-6,9-10,13H2,1H3. The van der Waals surface area contributed by atoms with Gasteiger partial charge in [0.1, 0.15) is 5.75 Å². The van der Waals surface area contributed by atoms with Crippen LogP contribution in [-0.2, 0) is 0 Å². The van der Waals surface area contributed by atoms with Gasteiger partial charge in [0.05, 0.1) is 6.61 Å². The van der Waals surface area contributed by atoms with Crippen molar-refractivity contribution >= 4 is 0 Å². The predicted octanol–water partition coefficient (Wildman–Crippen LogP) is 4.11. The second-order valence-electron chi connectivity index (χ2n) is 6.29. The monoisotopic (exact) mass is 273 g/mol. The molecular weight excluding hydrogens is 246 g/mol. The van der Waals surface area contributed by atoms with Crippen LogP contribution < -0.4 is 10.1 Å². The first-order valence-corrected chi connectivity index (χ1v) is 8.35. The Bertz CT molecular complexity index is 423. The smallest absolute Gasteiger partial charge is 0.122 e. The summed E-state index contributed by atoms with van der Waals surface area (Å²) in [6, 6.07) is 9.19. The van der Waals surface area contributed by atoms with Crippen LogP contribution in [0.2, 0.25) is 0 Å². The van der Waals surface area contributed by atoms with Gasteiger partial charge in [-0.25, -0.2) is 0 Å². The summed E-state index contributed by atoms with van der Waals surface area (Å²) in [4.78, 5) is 0. The number of nitrogens with one attached hydrogen (secondary N) is 1. The van der Waals surface area contributed by atoms with Crippen molar-refractivity contribution in [2.24, 2.45) is 5.92 Å². The molecule has 1 N–H and O–H groups in total. The summed E-state index contributed by atoms with van der Waals surface area (Å²) < 4.78 is 5.92. The molecule has 1 saturated carbocycles. The molecule has 1 heterocycles. The van der Waals surface area contributed by atoms with Crippen LogP contribution in [-0.4, -0.2) is 19.2 Å². The van der Waals surface area contributed by atoms with E-state index >= 15 is 0 Å². The quantitative estimate of drug-likeness (QED) is 0.834. The van der Waals surface area contributed by atoms with Gasteiger partial charge in [-0.3, -0.25) is 0 Å². The molecule has 2 aliphatic rings. The number of fused-ring (bicyclic) bond motifs is 1. The molecule has 2 heteroatoms. The van der Waals surface area contributed by atoms with Gasteiger partial charge in [-0.2, -0.15) is 0 Å². The molecule has 1 aromatic rings. The molecule has 1 aliphatic heterocycles. The van der Waals surface area contributed by atoms with E-state index in [1.165, 1.54) is 44.1 Å². The maximum atomic E-state index is 5.92. The molecule has 1 fully saturated rings. The van der Waals surface area contributed by atoms with Crippen LogP contribution in [0.5, 0.6) is 5.75 Å². The summed E-state index contributed by atoms with van der Waals surface area (Å²) in [6.45, 7) is 4.14. The zero-order valence-corrected chi connectivity index (χ0v) is 12.6. The minimum atomic E-state index is 0.536. The van der Waals surface area contributed by atoms with E-state index in [9.17, 15) is 0 Å². The molecule has 0 bridgehead atoms. The van der Waals surface area contributed by atoms with Crippen molar-refractivity contribution in [2.75, 3.05) is 13.2 Å². The molecule has 0 amide bonds. The lowest BCUT2D eigenvalue weighted by Crippen LogP contribution is -2.41. The third kappa shape index (κ3) is 2.85. The van der Waals surface area contributed by atoms with Gasteiger partial charge in [0.25, 0.3) is 0 Å². The fourth-order valence-corrected chi connectivity index (χ4v) is 4.03. The van der Waals surface area contributed by atoms with E-state index in [-0.39, 0.29) is 0 Å². The van der Waals surface area contributed by atoms with Crippen LogP contribution in [0, 0.1) is 5.92 Å². The molecule has 2 nitrogen and oxygen atoms in total. The average Bonchev–Trinajstić information content (AvgIpc) is 2.71. The number of rotatable bonds is 4. The van der Waals surface area contributed by atoms with E-state index in [1.807, 2.05) is 0 Å². The third-order valence-corrected chi connectivity index (χ3v) is 5.02. The van der Waals surface area contributed by atoms with E-state index in [4.69, 9.17) is 4.74 Å². The van der Waals surface area contributed by atoms with Gasteiger partial charge in [-0.05, 0) is 31.4 Å². The summed E-state index contributed by atoms with van der Waals surface area (Å²) in [7, 11) is 0. The largest absolute Gasteiger partial charge is 0.493 e. The summed E-state index contributed by atoms with van der Waals surface area (Å²) in [5.41, 5.74) is 1.42. The third-order valence-electron chi connectivity index (χ3n) is 5.02. The van der Waals surface area contributed by atoms with Gasteiger partial charge in [-0.15, -0.1) is 0 Å². The Labute approximate surface area is 122 Å².